The number of hydrogen-bond donors (Lipinski definition) is 0. The van der Waals surface area contributed by atoms with Gasteiger partial charge in [0.1, 0.15) is 11.0 Å². The summed E-state index contributed by atoms with van der Waals surface area (Å²) in [6.07, 6.45) is 3.68. The summed E-state index contributed by atoms with van der Waals surface area (Å²) in [4.78, 5) is 4.16. The number of aromatic nitrogens is 3. The molecule has 0 aliphatic rings. The van der Waals surface area contributed by atoms with E-state index in [1.807, 2.05) is 6.07 Å². The third kappa shape index (κ3) is 4.15. The Kier molecular flexibility index (Phi) is 4.69. The van der Waals surface area contributed by atoms with E-state index in [9.17, 15) is 4.39 Å². The summed E-state index contributed by atoms with van der Waals surface area (Å²) in [6.45, 7) is 0. The molecule has 0 atom stereocenters. The molecule has 0 amide bonds. The number of hydrogen-bond acceptors (Lipinski definition) is 4. The largest absolute Gasteiger partial charge is 0.421 e. The van der Waals surface area contributed by atoms with Crippen molar-refractivity contribution in [3.05, 3.63) is 75.4 Å². The fraction of sp³-hybridized carbons (Fsp3) is 0.0625. The summed E-state index contributed by atoms with van der Waals surface area (Å²) in [7, 11) is 0. The molecule has 7 heteroatoms. The maximum absolute atomic E-state index is 13.0. The number of pyridine rings is 1. The summed E-state index contributed by atoms with van der Waals surface area (Å²) in [5.74, 6) is 0.355. The fourth-order valence-corrected chi connectivity index (χ4v) is 2.32. The Hall–Kier alpha value is -2.24. The van der Waals surface area contributed by atoms with Crippen LogP contribution in [-0.4, -0.2) is 15.2 Å². The minimum Gasteiger partial charge on any atom is -0.421 e. The third-order valence-corrected chi connectivity index (χ3v) is 3.49. The van der Waals surface area contributed by atoms with Gasteiger partial charge in [-0.15, -0.1) is 10.2 Å². The van der Waals surface area contributed by atoms with Crippen molar-refractivity contribution in [3.63, 3.8) is 0 Å². The van der Waals surface area contributed by atoms with Crippen LogP contribution in [0.2, 0.25) is 10.2 Å². The lowest BCUT2D eigenvalue weighted by molar-refractivity contribution is 0.495. The Morgan fingerprint density at radius 2 is 1.96 bits per heavy atom. The molecule has 1 aromatic carbocycles. The molecule has 3 rings (SSSR count). The monoisotopic (exact) mass is 349 g/mol. The highest BCUT2D eigenvalue weighted by molar-refractivity contribution is 6.32. The zero-order valence-electron chi connectivity index (χ0n) is 11.7. The average molecular weight is 350 g/mol. The zero-order chi connectivity index (χ0) is 16.2. The Bertz CT molecular complexity index is 864. The molecule has 0 saturated heterocycles. The van der Waals surface area contributed by atoms with Crippen molar-refractivity contribution in [1.82, 2.24) is 15.2 Å². The third-order valence-electron chi connectivity index (χ3n) is 2.96. The Morgan fingerprint density at radius 3 is 2.74 bits per heavy atom. The van der Waals surface area contributed by atoms with Crippen molar-refractivity contribution in [2.24, 2.45) is 0 Å². The van der Waals surface area contributed by atoms with Crippen molar-refractivity contribution in [2.75, 3.05) is 0 Å². The Labute approximate surface area is 141 Å². The van der Waals surface area contributed by atoms with Gasteiger partial charge in [-0.05, 0) is 35.9 Å². The first kappa shape index (κ1) is 15.6. The van der Waals surface area contributed by atoms with Crippen molar-refractivity contribution in [1.29, 1.82) is 0 Å². The lowest BCUT2D eigenvalue weighted by atomic mass is 10.2. The molecule has 0 radical (unpaired) electrons. The van der Waals surface area contributed by atoms with E-state index in [1.165, 1.54) is 12.1 Å². The van der Waals surface area contributed by atoms with Crippen molar-refractivity contribution in [3.8, 4) is 0 Å². The first-order chi connectivity index (χ1) is 11.1. The van der Waals surface area contributed by atoms with Crippen LogP contribution in [0.15, 0.2) is 40.8 Å². The topological polar surface area (TPSA) is 51.8 Å². The van der Waals surface area contributed by atoms with Gasteiger partial charge < -0.3 is 4.42 Å². The van der Waals surface area contributed by atoms with Crippen LogP contribution in [0.1, 0.15) is 23.0 Å². The van der Waals surface area contributed by atoms with Gasteiger partial charge in [-0.1, -0.05) is 35.3 Å². The van der Waals surface area contributed by atoms with Crippen LogP contribution in [0.3, 0.4) is 0 Å². The van der Waals surface area contributed by atoms with E-state index >= 15 is 0 Å². The highest BCUT2D eigenvalue weighted by Crippen LogP contribution is 2.19. The predicted molar refractivity (Wildman–Crippen MR) is 86.7 cm³/mol. The van der Waals surface area contributed by atoms with Crippen LogP contribution >= 0.6 is 23.2 Å². The number of halogens is 3. The molecule has 4 nitrogen and oxygen atoms in total. The van der Waals surface area contributed by atoms with Gasteiger partial charge in [0.05, 0.1) is 17.1 Å². The van der Waals surface area contributed by atoms with E-state index < -0.39 is 0 Å². The summed E-state index contributed by atoms with van der Waals surface area (Å²) >= 11 is 11.8. The first-order valence-electron chi connectivity index (χ1n) is 6.67. The molecule has 3 aromatic rings. The molecule has 2 aromatic heterocycles. The smallest absolute Gasteiger partial charge is 0.240 e. The molecule has 0 aliphatic carbocycles. The number of rotatable bonds is 4. The van der Waals surface area contributed by atoms with Crippen LogP contribution in [0.4, 0.5) is 4.39 Å². The van der Waals surface area contributed by atoms with Gasteiger partial charge in [0, 0.05) is 6.08 Å². The fourth-order valence-electron chi connectivity index (χ4n) is 1.91. The van der Waals surface area contributed by atoms with E-state index in [0.29, 0.717) is 33.9 Å². The SMILES string of the molecule is Fc1ccc(/C=C/c2nnc(Cc3cccc(Cl)n3)o2)c(Cl)c1. The lowest BCUT2D eigenvalue weighted by Gasteiger charge is -1.97. The second-order valence-electron chi connectivity index (χ2n) is 4.66. The summed E-state index contributed by atoms with van der Waals surface area (Å²) in [6, 6.07) is 9.46. The first-order valence-corrected chi connectivity index (χ1v) is 7.43. The second-order valence-corrected chi connectivity index (χ2v) is 5.46. The van der Waals surface area contributed by atoms with Crippen molar-refractivity contribution in [2.45, 2.75) is 6.42 Å². The van der Waals surface area contributed by atoms with Crippen LogP contribution in [0.5, 0.6) is 0 Å². The highest BCUT2D eigenvalue weighted by atomic mass is 35.5. The summed E-state index contributed by atoms with van der Waals surface area (Å²) in [5.41, 5.74) is 1.39. The molecule has 0 unspecified atom stereocenters. The molecule has 116 valence electrons. The Balaban J connectivity index is 1.73. The van der Waals surface area contributed by atoms with E-state index in [1.54, 1.807) is 30.4 Å². The van der Waals surface area contributed by atoms with Gasteiger partial charge in [0.15, 0.2) is 0 Å². The molecule has 0 fully saturated rings. The van der Waals surface area contributed by atoms with Crippen LogP contribution in [-0.2, 0) is 6.42 Å². The van der Waals surface area contributed by atoms with Crippen molar-refractivity contribution < 1.29 is 8.81 Å². The van der Waals surface area contributed by atoms with Crippen LogP contribution < -0.4 is 0 Å². The van der Waals surface area contributed by atoms with Gasteiger partial charge in [-0.25, -0.2) is 9.37 Å². The second kappa shape index (κ2) is 6.89. The molecule has 0 spiro atoms. The summed E-state index contributed by atoms with van der Waals surface area (Å²) in [5, 5.41) is 8.58. The van der Waals surface area contributed by atoms with Crippen LogP contribution in [0, 0.1) is 5.82 Å². The van der Waals surface area contributed by atoms with Gasteiger partial charge in [0.25, 0.3) is 0 Å². The van der Waals surface area contributed by atoms with Gasteiger partial charge in [-0.2, -0.15) is 0 Å². The average Bonchev–Trinajstić information content (AvgIpc) is 2.94. The quantitative estimate of drug-likeness (QED) is 0.642. The molecule has 0 aliphatic heterocycles. The number of nitrogens with zero attached hydrogens (tertiary/aromatic N) is 3. The minimum atomic E-state index is -0.388. The molecular weight excluding hydrogens is 340 g/mol. The van der Waals surface area contributed by atoms with E-state index in [0.717, 1.165) is 5.69 Å². The van der Waals surface area contributed by atoms with Crippen molar-refractivity contribution >= 4 is 35.4 Å². The normalized spacial score (nSPS) is 11.3. The van der Waals surface area contributed by atoms with E-state index in [2.05, 4.69) is 15.2 Å². The maximum atomic E-state index is 13.0. The lowest BCUT2D eigenvalue weighted by Crippen LogP contribution is -1.92. The zero-order valence-corrected chi connectivity index (χ0v) is 13.2. The van der Waals surface area contributed by atoms with Gasteiger partial charge >= 0.3 is 0 Å². The van der Waals surface area contributed by atoms with E-state index in [-0.39, 0.29) is 5.82 Å². The minimum absolute atomic E-state index is 0.309. The standard InChI is InChI=1S/C16H10Cl2FN3O/c17-13-8-11(19)6-4-10(13)5-7-15-21-22-16(23-15)9-12-2-1-3-14(18)20-12/h1-8H,9H2/b7-5+. The molecule has 23 heavy (non-hydrogen) atoms. The number of benzene rings is 1. The Morgan fingerprint density at radius 1 is 1.09 bits per heavy atom. The van der Waals surface area contributed by atoms with Gasteiger partial charge in [-0.3, -0.25) is 0 Å². The van der Waals surface area contributed by atoms with Crippen LogP contribution in [0.25, 0.3) is 12.2 Å². The maximum Gasteiger partial charge on any atom is 0.240 e. The molecule has 0 saturated carbocycles. The summed E-state index contributed by atoms with van der Waals surface area (Å²) < 4.78 is 18.5. The predicted octanol–water partition coefficient (Wildman–Crippen LogP) is 4.67. The molecule has 0 bridgehead atoms. The molecule has 2 heterocycles. The van der Waals surface area contributed by atoms with Gasteiger partial charge in [0.2, 0.25) is 11.8 Å². The van der Waals surface area contributed by atoms with E-state index in [4.69, 9.17) is 27.6 Å². The molecule has 0 N–H and O–H groups in total. The highest BCUT2D eigenvalue weighted by Gasteiger charge is 2.07. The molecular formula is C16H10Cl2FN3O.